The van der Waals surface area contributed by atoms with Gasteiger partial charge in [-0.3, -0.25) is 4.79 Å². The summed E-state index contributed by atoms with van der Waals surface area (Å²) in [5, 5.41) is 1.80. The highest BCUT2D eigenvalue weighted by molar-refractivity contribution is 5.96. The standard InChI is InChI=1S/C14H12F3N5O/c1-22-6-7(18)4-11(22)12-20-9-3-2-8(5-10(9)21-12)19-13(23)14(15,16)17/h2-6H,18H2,1H3,(H,19,23)(H,20,21). The van der Waals surface area contributed by atoms with Crippen molar-refractivity contribution in [2.24, 2.45) is 7.05 Å². The number of benzene rings is 1. The molecule has 0 saturated heterocycles. The number of rotatable bonds is 2. The summed E-state index contributed by atoms with van der Waals surface area (Å²) in [6.45, 7) is 0. The Labute approximate surface area is 128 Å². The molecule has 2 heterocycles. The SMILES string of the molecule is Cn1cc(N)cc1-c1nc2ccc(NC(=O)C(F)(F)F)cc2[nH]1. The van der Waals surface area contributed by atoms with E-state index in [9.17, 15) is 18.0 Å². The molecule has 1 amide bonds. The second-order valence-electron chi connectivity index (χ2n) is 5.04. The molecule has 0 unspecified atom stereocenters. The first-order valence-corrected chi connectivity index (χ1v) is 6.54. The summed E-state index contributed by atoms with van der Waals surface area (Å²) in [6, 6.07) is 6.00. The zero-order chi connectivity index (χ0) is 16.8. The first-order valence-electron chi connectivity index (χ1n) is 6.54. The van der Waals surface area contributed by atoms with Crippen LogP contribution in [-0.2, 0) is 11.8 Å². The molecule has 0 radical (unpaired) electrons. The smallest absolute Gasteiger partial charge is 0.397 e. The summed E-state index contributed by atoms with van der Waals surface area (Å²) in [4.78, 5) is 18.3. The number of aromatic nitrogens is 3. The first kappa shape index (κ1) is 14.9. The lowest BCUT2D eigenvalue weighted by Gasteiger charge is -2.07. The zero-order valence-corrected chi connectivity index (χ0v) is 11.9. The van der Waals surface area contributed by atoms with E-state index in [1.807, 2.05) is 0 Å². The van der Waals surface area contributed by atoms with Crippen LogP contribution in [0, 0.1) is 0 Å². The molecule has 1 aromatic carbocycles. The molecule has 120 valence electrons. The predicted molar refractivity (Wildman–Crippen MR) is 79.6 cm³/mol. The number of aromatic amines is 1. The van der Waals surface area contributed by atoms with Crippen molar-refractivity contribution in [1.29, 1.82) is 0 Å². The van der Waals surface area contributed by atoms with Crippen molar-refractivity contribution >= 4 is 28.3 Å². The molecule has 23 heavy (non-hydrogen) atoms. The van der Waals surface area contributed by atoms with Crippen LogP contribution in [-0.4, -0.2) is 26.6 Å². The number of hydrogen-bond donors (Lipinski definition) is 3. The van der Waals surface area contributed by atoms with Crippen LogP contribution in [0.15, 0.2) is 30.5 Å². The number of anilines is 2. The summed E-state index contributed by atoms with van der Waals surface area (Å²) in [6.07, 6.45) is -3.22. The summed E-state index contributed by atoms with van der Waals surface area (Å²) < 4.78 is 38.6. The molecule has 3 aromatic rings. The average Bonchev–Trinajstić information content (AvgIpc) is 2.99. The van der Waals surface area contributed by atoms with Crippen molar-refractivity contribution in [3.8, 4) is 11.5 Å². The molecule has 6 nitrogen and oxygen atoms in total. The quantitative estimate of drug-likeness (QED) is 0.677. The predicted octanol–water partition coefficient (Wildman–Crippen LogP) is 2.65. The molecule has 0 aliphatic carbocycles. The van der Waals surface area contributed by atoms with E-state index in [-0.39, 0.29) is 5.69 Å². The van der Waals surface area contributed by atoms with Crippen molar-refractivity contribution in [1.82, 2.24) is 14.5 Å². The monoisotopic (exact) mass is 323 g/mol. The van der Waals surface area contributed by atoms with E-state index in [1.165, 1.54) is 18.2 Å². The van der Waals surface area contributed by atoms with Gasteiger partial charge in [0.2, 0.25) is 0 Å². The van der Waals surface area contributed by atoms with E-state index in [4.69, 9.17) is 5.73 Å². The number of amides is 1. The molecule has 0 spiro atoms. The van der Waals surface area contributed by atoms with E-state index >= 15 is 0 Å². The van der Waals surface area contributed by atoms with Crippen molar-refractivity contribution in [3.63, 3.8) is 0 Å². The Kier molecular flexibility index (Phi) is 3.28. The second kappa shape index (κ2) is 5.04. The molecule has 2 aromatic heterocycles. The molecule has 0 bridgehead atoms. The number of nitrogens with two attached hydrogens (primary N) is 1. The van der Waals surface area contributed by atoms with Crippen LogP contribution >= 0.6 is 0 Å². The molecule has 0 atom stereocenters. The number of nitrogen functional groups attached to an aromatic ring is 1. The van der Waals surface area contributed by atoms with Gasteiger partial charge in [-0.05, 0) is 24.3 Å². The third-order valence-electron chi connectivity index (χ3n) is 3.27. The van der Waals surface area contributed by atoms with E-state index in [0.29, 0.717) is 22.5 Å². The Hall–Kier alpha value is -2.97. The highest BCUT2D eigenvalue weighted by Crippen LogP contribution is 2.25. The van der Waals surface area contributed by atoms with Gasteiger partial charge < -0.3 is 20.6 Å². The fraction of sp³-hybridized carbons (Fsp3) is 0.143. The van der Waals surface area contributed by atoms with Crippen molar-refractivity contribution in [2.75, 3.05) is 11.1 Å². The Balaban J connectivity index is 1.95. The van der Waals surface area contributed by atoms with Crippen molar-refractivity contribution < 1.29 is 18.0 Å². The molecule has 0 saturated carbocycles. The minimum absolute atomic E-state index is 0.0291. The fourth-order valence-electron chi connectivity index (χ4n) is 2.24. The molecular weight excluding hydrogens is 311 g/mol. The van der Waals surface area contributed by atoms with E-state index in [0.717, 1.165) is 5.69 Å². The van der Waals surface area contributed by atoms with Crippen LogP contribution in [0.1, 0.15) is 0 Å². The molecular formula is C14H12F3N5O. The van der Waals surface area contributed by atoms with Gasteiger partial charge in [0.25, 0.3) is 0 Å². The largest absolute Gasteiger partial charge is 0.471 e. The number of nitrogens with zero attached hydrogens (tertiary/aromatic N) is 2. The maximum Gasteiger partial charge on any atom is 0.471 e. The highest BCUT2D eigenvalue weighted by atomic mass is 19.4. The highest BCUT2D eigenvalue weighted by Gasteiger charge is 2.38. The van der Waals surface area contributed by atoms with E-state index in [2.05, 4.69) is 9.97 Å². The van der Waals surface area contributed by atoms with E-state index in [1.54, 1.807) is 29.2 Å². The minimum atomic E-state index is -4.94. The second-order valence-corrected chi connectivity index (χ2v) is 5.04. The van der Waals surface area contributed by atoms with Crippen LogP contribution in [0.5, 0.6) is 0 Å². The van der Waals surface area contributed by atoms with Gasteiger partial charge in [-0.1, -0.05) is 0 Å². The maximum atomic E-state index is 12.3. The normalized spacial score (nSPS) is 11.8. The molecule has 0 aliphatic rings. The van der Waals surface area contributed by atoms with E-state index < -0.39 is 12.1 Å². The molecule has 9 heteroatoms. The number of H-pyrrole nitrogens is 1. The lowest BCUT2D eigenvalue weighted by atomic mass is 10.2. The molecule has 4 N–H and O–H groups in total. The average molecular weight is 323 g/mol. The van der Waals surface area contributed by atoms with Crippen LogP contribution in [0.2, 0.25) is 0 Å². The number of fused-ring (bicyclic) bond motifs is 1. The molecule has 0 fully saturated rings. The van der Waals surface area contributed by atoms with Crippen LogP contribution in [0.4, 0.5) is 24.5 Å². The van der Waals surface area contributed by atoms with Crippen LogP contribution < -0.4 is 11.1 Å². The van der Waals surface area contributed by atoms with Crippen molar-refractivity contribution in [3.05, 3.63) is 30.5 Å². The topological polar surface area (TPSA) is 88.7 Å². The van der Waals surface area contributed by atoms with Gasteiger partial charge in [-0.15, -0.1) is 0 Å². The summed E-state index contributed by atoms with van der Waals surface area (Å²) in [7, 11) is 1.80. The Morgan fingerprint density at radius 2 is 2.09 bits per heavy atom. The number of hydrogen-bond acceptors (Lipinski definition) is 3. The summed E-state index contributed by atoms with van der Waals surface area (Å²) in [5.74, 6) is -1.50. The third kappa shape index (κ3) is 2.85. The van der Waals surface area contributed by atoms with Crippen LogP contribution in [0.3, 0.4) is 0 Å². The minimum Gasteiger partial charge on any atom is -0.397 e. The van der Waals surface area contributed by atoms with Gasteiger partial charge in [-0.2, -0.15) is 13.2 Å². The number of aryl methyl sites for hydroxylation is 1. The Bertz CT molecular complexity index is 894. The third-order valence-corrected chi connectivity index (χ3v) is 3.27. The number of alkyl halides is 3. The van der Waals surface area contributed by atoms with Gasteiger partial charge in [0.05, 0.1) is 22.4 Å². The number of nitrogens with one attached hydrogen (secondary N) is 2. The van der Waals surface area contributed by atoms with Gasteiger partial charge >= 0.3 is 12.1 Å². The lowest BCUT2D eigenvalue weighted by Crippen LogP contribution is -2.29. The summed E-state index contributed by atoms with van der Waals surface area (Å²) in [5.41, 5.74) is 8.11. The Morgan fingerprint density at radius 1 is 1.35 bits per heavy atom. The number of carbonyl (C=O) groups excluding carboxylic acids is 1. The fourth-order valence-corrected chi connectivity index (χ4v) is 2.24. The maximum absolute atomic E-state index is 12.3. The van der Waals surface area contributed by atoms with Gasteiger partial charge in [0.1, 0.15) is 0 Å². The number of halogens is 3. The number of imidazole rings is 1. The lowest BCUT2D eigenvalue weighted by molar-refractivity contribution is -0.167. The van der Waals surface area contributed by atoms with Crippen molar-refractivity contribution in [2.45, 2.75) is 6.18 Å². The zero-order valence-electron chi connectivity index (χ0n) is 11.9. The van der Waals surface area contributed by atoms with Gasteiger partial charge in [0, 0.05) is 18.9 Å². The number of carbonyl (C=O) groups is 1. The molecule has 0 aliphatic heterocycles. The summed E-state index contributed by atoms with van der Waals surface area (Å²) >= 11 is 0. The van der Waals surface area contributed by atoms with Gasteiger partial charge in [0.15, 0.2) is 5.82 Å². The first-order chi connectivity index (χ1) is 10.7. The molecule has 3 rings (SSSR count). The Morgan fingerprint density at radius 3 is 2.70 bits per heavy atom. The van der Waals surface area contributed by atoms with Gasteiger partial charge in [-0.25, -0.2) is 4.98 Å². The van der Waals surface area contributed by atoms with Crippen LogP contribution in [0.25, 0.3) is 22.6 Å².